The maximum Gasteiger partial charge on any atom is 0.340 e. The number of Topliss-reactive ketones (excluding diaryl/α,β-unsaturated/α-hetero) is 1. The summed E-state index contributed by atoms with van der Waals surface area (Å²) >= 11 is 5.80. The van der Waals surface area contributed by atoms with Crippen LogP contribution >= 0.6 is 11.6 Å². The highest BCUT2D eigenvalue weighted by Gasteiger charge is 2.23. The van der Waals surface area contributed by atoms with Gasteiger partial charge in [0, 0.05) is 17.8 Å². The maximum absolute atomic E-state index is 12.7. The molecule has 0 bridgehead atoms. The molecule has 1 aromatic heterocycles. The van der Waals surface area contributed by atoms with E-state index in [9.17, 15) is 19.2 Å². The first-order valence-corrected chi connectivity index (χ1v) is 9.47. The van der Waals surface area contributed by atoms with E-state index in [4.69, 9.17) is 27.8 Å². The number of carbonyl (C=O) groups is 2. The molecule has 3 rings (SSSR count). The molecule has 9 nitrogen and oxygen atoms in total. The second-order valence-corrected chi connectivity index (χ2v) is 7.15. The Labute approximate surface area is 181 Å². The molecule has 0 fully saturated rings. The van der Waals surface area contributed by atoms with E-state index in [0.29, 0.717) is 5.02 Å². The lowest BCUT2D eigenvalue weighted by atomic mass is 10.1. The molecule has 0 amide bonds. The largest absolute Gasteiger partial charge is 0.454 e. The van der Waals surface area contributed by atoms with Crippen LogP contribution in [-0.4, -0.2) is 27.5 Å². The summed E-state index contributed by atoms with van der Waals surface area (Å²) in [6, 6.07) is 13.1. The molecule has 4 N–H and O–H groups in total. The number of ether oxygens (including phenoxy) is 1. The first-order chi connectivity index (χ1) is 14.7. The Bertz CT molecular complexity index is 1280. The van der Waals surface area contributed by atoms with Crippen molar-refractivity contribution in [3.63, 3.8) is 0 Å². The number of hydrogen-bond acceptors (Lipinski definition) is 7. The summed E-state index contributed by atoms with van der Waals surface area (Å²) in [5, 5.41) is 0.335. The predicted octanol–water partition coefficient (Wildman–Crippen LogP) is 1.45. The molecular weight excluding hydrogens is 424 g/mol. The number of anilines is 2. The van der Waals surface area contributed by atoms with Crippen molar-refractivity contribution in [2.24, 2.45) is 7.05 Å². The van der Waals surface area contributed by atoms with Crippen LogP contribution < -0.4 is 22.7 Å². The summed E-state index contributed by atoms with van der Waals surface area (Å²) in [5.41, 5.74) is 10.6. The molecule has 0 unspecified atom stereocenters. The summed E-state index contributed by atoms with van der Waals surface area (Å²) in [6.07, 6.45) is 0. The number of aromatic nitrogens is 2. The molecule has 0 saturated carbocycles. The lowest BCUT2D eigenvalue weighted by molar-refractivity contribution is 0.0475. The molecule has 31 heavy (non-hydrogen) atoms. The van der Waals surface area contributed by atoms with Gasteiger partial charge in [0.05, 0.1) is 12.1 Å². The van der Waals surface area contributed by atoms with E-state index >= 15 is 0 Å². The third kappa shape index (κ3) is 4.51. The van der Waals surface area contributed by atoms with Crippen molar-refractivity contribution in [2.75, 3.05) is 18.1 Å². The van der Waals surface area contributed by atoms with Crippen LogP contribution in [-0.2, 0) is 18.3 Å². The van der Waals surface area contributed by atoms with Crippen LogP contribution in [0.5, 0.6) is 0 Å². The predicted molar refractivity (Wildman–Crippen MR) is 116 cm³/mol. The molecule has 10 heteroatoms. The van der Waals surface area contributed by atoms with E-state index in [2.05, 4.69) is 0 Å². The highest BCUT2D eigenvalue weighted by molar-refractivity contribution is 6.31. The highest BCUT2D eigenvalue weighted by atomic mass is 35.5. The molecule has 0 atom stereocenters. The van der Waals surface area contributed by atoms with Gasteiger partial charge in [-0.2, -0.15) is 0 Å². The lowest BCUT2D eigenvalue weighted by Crippen LogP contribution is -2.43. The fourth-order valence-electron chi connectivity index (χ4n) is 2.96. The van der Waals surface area contributed by atoms with Crippen LogP contribution in [0.3, 0.4) is 0 Å². The van der Waals surface area contributed by atoms with Crippen LogP contribution in [0.1, 0.15) is 26.3 Å². The van der Waals surface area contributed by atoms with Gasteiger partial charge in [-0.05, 0) is 23.8 Å². The Kier molecular flexibility index (Phi) is 6.26. The van der Waals surface area contributed by atoms with Crippen LogP contribution in [0.15, 0.2) is 58.1 Å². The van der Waals surface area contributed by atoms with Gasteiger partial charge in [-0.15, -0.1) is 0 Å². The van der Waals surface area contributed by atoms with E-state index < -0.39 is 35.2 Å². The molecular formula is C21H19ClN4O5. The number of nitrogens with zero attached hydrogens (tertiary/aromatic N) is 2. The average Bonchev–Trinajstić information content (AvgIpc) is 2.74. The monoisotopic (exact) mass is 442 g/mol. The average molecular weight is 443 g/mol. The van der Waals surface area contributed by atoms with Crippen LogP contribution in [0.25, 0.3) is 0 Å². The van der Waals surface area contributed by atoms with Crippen LogP contribution in [0, 0.1) is 0 Å². The first kappa shape index (κ1) is 21.8. The number of rotatable bonds is 6. The van der Waals surface area contributed by atoms with Gasteiger partial charge in [-0.1, -0.05) is 41.9 Å². The minimum atomic E-state index is -0.876. The number of carbonyl (C=O) groups excluding carboxylic acids is 2. The van der Waals surface area contributed by atoms with Gasteiger partial charge in [-0.25, -0.2) is 9.59 Å². The molecule has 0 radical (unpaired) electrons. The van der Waals surface area contributed by atoms with Gasteiger partial charge in [0.2, 0.25) is 5.78 Å². The fourth-order valence-corrected chi connectivity index (χ4v) is 3.15. The standard InChI is InChI=1S/C21H19ClN4O5/c1-25-19(28)17(18(24)26(21(25)30)10-12-5-3-2-4-6-12)16(27)11-31-20(29)14-8-7-13(22)9-15(14)23/h2-9H,10-11,23-24H2,1H3. The smallest absolute Gasteiger partial charge is 0.340 e. The molecule has 2 aromatic carbocycles. The van der Waals surface area contributed by atoms with Crippen molar-refractivity contribution in [3.8, 4) is 0 Å². The molecule has 0 aliphatic heterocycles. The number of benzene rings is 2. The van der Waals surface area contributed by atoms with E-state index in [1.165, 1.54) is 25.2 Å². The maximum atomic E-state index is 12.7. The molecule has 160 valence electrons. The van der Waals surface area contributed by atoms with Crippen molar-refractivity contribution in [1.82, 2.24) is 9.13 Å². The third-order valence-corrected chi connectivity index (χ3v) is 4.85. The topological polar surface area (TPSA) is 139 Å². The highest BCUT2D eigenvalue weighted by Crippen LogP contribution is 2.19. The molecule has 0 spiro atoms. The summed E-state index contributed by atoms with van der Waals surface area (Å²) < 4.78 is 6.90. The summed E-state index contributed by atoms with van der Waals surface area (Å²) in [5.74, 6) is -2.01. The SMILES string of the molecule is Cn1c(=O)c(C(=O)COC(=O)c2ccc(Cl)cc2N)c(N)n(Cc2ccccc2)c1=O. The Morgan fingerprint density at radius 2 is 1.74 bits per heavy atom. The second-order valence-electron chi connectivity index (χ2n) is 6.71. The van der Waals surface area contributed by atoms with Crippen molar-refractivity contribution in [2.45, 2.75) is 6.54 Å². The molecule has 0 aliphatic carbocycles. The van der Waals surface area contributed by atoms with Gasteiger partial charge in [0.1, 0.15) is 11.4 Å². The number of halogens is 1. The summed E-state index contributed by atoms with van der Waals surface area (Å²) in [7, 11) is 1.24. The number of ketones is 1. The summed E-state index contributed by atoms with van der Waals surface area (Å²) in [4.78, 5) is 50.0. The molecule has 0 saturated heterocycles. The van der Waals surface area contributed by atoms with Gasteiger partial charge in [0.25, 0.3) is 5.56 Å². The van der Waals surface area contributed by atoms with Gasteiger partial charge in [-0.3, -0.25) is 18.7 Å². The van der Waals surface area contributed by atoms with Gasteiger partial charge in [0.15, 0.2) is 6.61 Å². The Hall–Kier alpha value is -3.85. The fraction of sp³-hybridized carbons (Fsp3) is 0.143. The zero-order valence-corrected chi connectivity index (χ0v) is 17.3. The third-order valence-electron chi connectivity index (χ3n) is 4.61. The Balaban J connectivity index is 1.89. The van der Waals surface area contributed by atoms with Crippen molar-refractivity contribution < 1.29 is 14.3 Å². The van der Waals surface area contributed by atoms with E-state index in [1.54, 1.807) is 24.3 Å². The number of hydrogen-bond donors (Lipinski definition) is 2. The molecule has 3 aromatic rings. The van der Waals surface area contributed by atoms with Crippen molar-refractivity contribution in [3.05, 3.63) is 91.1 Å². The number of nitrogen functional groups attached to an aromatic ring is 2. The minimum absolute atomic E-state index is 0.0205. The van der Waals surface area contributed by atoms with E-state index in [0.717, 1.165) is 14.7 Å². The lowest BCUT2D eigenvalue weighted by Gasteiger charge is -2.15. The van der Waals surface area contributed by atoms with E-state index in [-0.39, 0.29) is 23.6 Å². The molecule has 0 aliphatic rings. The zero-order valence-electron chi connectivity index (χ0n) is 16.5. The zero-order chi connectivity index (χ0) is 22.7. The molecule has 1 heterocycles. The Morgan fingerprint density at radius 3 is 2.39 bits per heavy atom. The van der Waals surface area contributed by atoms with E-state index in [1.807, 2.05) is 6.07 Å². The first-order valence-electron chi connectivity index (χ1n) is 9.09. The minimum Gasteiger partial charge on any atom is -0.454 e. The number of nitrogens with two attached hydrogens (primary N) is 2. The normalized spacial score (nSPS) is 10.6. The van der Waals surface area contributed by atoms with Crippen LogP contribution in [0.2, 0.25) is 5.02 Å². The van der Waals surface area contributed by atoms with Gasteiger partial charge < -0.3 is 16.2 Å². The Morgan fingerprint density at radius 1 is 1.06 bits per heavy atom. The number of esters is 1. The summed E-state index contributed by atoms with van der Waals surface area (Å²) in [6.45, 7) is -0.703. The van der Waals surface area contributed by atoms with Gasteiger partial charge >= 0.3 is 11.7 Å². The van der Waals surface area contributed by atoms with Crippen LogP contribution in [0.4, 0.5) is 11.5 Å². The van der Waals surface area contributed by atoms with Crippen molar-refractivity contribution >= 4 is 34.9 Å². The quantitative estimate of drug-likeness (QED) is 0.334. The van der Waals surface area contributed by atoms with Crippen molar-refractivity contribution in [1.29, 1.82) is 0 Å². The second kappa shape index (κ2) is 8.88.